The van der Waals surface area contributed by atoms with Crippen LogP contribution in [0.1, 0.15) is 0 Å². The van der Waals surface area contributed by atoms with Gasteiger partial charge in [0.25, 0.3) is 0 Å². The van der Waals surface area contributed by atoms with Crippen molar-refractivity contribution in [2.45, 2.75) is 0 Å². The number of hydrogen-bond donors (Lipinski definition) is 0. The fraction of sp³-hybridized carbons (Fsp3) is 0. The van der Waals surface area contributed by atoms with Crippen LogP contribution in [0.15, 0.2) is 188 Å². The molecule has 0 saturated carbocycles. The van der Waals surface area contributed by atoms with Crippen LogP contribution in [-0.2, 0) is 0 Å². The quantitative estimate of drug-likeness (QED) is 0.165. The molecule has 0 amide bonds. The van der Waals surface area contributed by atoms with Crippen LogP contribution in [0.3, 0.4) is 0 Å². The molecule has 0 aliphatic rings. The number of fused-ring (bicyclic) bond motifs is 5. The van der Waals surface area contributed by atoms with Gasteiger partial charge in [-0.2, -0.15) is 0 Å². The van der Waals surface area contributed by atoms with E-state index < -0.39 is 0 Å². The molecule has 12 aromatic rings. The van der Waals surface area contributed by atoms with Crippen molar-refractivity contribution in [3.8, 4) is 11.1 Å². The average Bonchev–Trinajstić information content (AvgIpc) is 3.62. The van der Waals surface area contributed by atoms with Crippen molar-refractivity contribution < 1.29 is 0 Å². The molecule has 11 aromatic carbocycles. The summed E-state index contributed by atoms with van der Waals surface area (Å²) >= 11 is 1.88. The van der Waals surface area contributed by atoms with E-state index in [2.05, 4.69) is 193 Å². The summed E-state index contributed by atoms with van der Waals surface area (Å²) in [6.45, 7) is 0. The Hall–Kier alpha value is -6.74. The first-order chi connectivity index (χ1) is 26.8. The third-order valence-corrected chi connectivity index (χ3v) is 12.7. The molecule has 1 heterocycles. The zero-order valence-electron chi connectivity index (χ0n) is 29.3. The third kappa shape index (κ3) is 4.26. The molecule has 1 nitrogen and oxygen atoms in total. The fourth-order valence-corrected chi connectivity index (χ4v) is 10.4. The fourth-order valence-electron chi connectivity index (χ4n) is 9.17. The highest BCUT2D eigenvalue weighted by molar-refractivity contribution is 7.26. The molecular formula is C52H31NS. The summed E-state index contributed by atoms with van der Waals surface area (Å²) in [7, 11) is 0. The minimum absolute atomic E-state index is 1.13. The zero-order chi connectivity index (χ0) is 35.3. The van der Waals surface area contributed by atoms with Gasteiger partial charge in [0.1, 0.15) is 0 Å². The number of anilines is 3. The van der Waals surface area contributed by atoms with Gasteiger partial charge >= 0.3 is 0 Å². The summed E-state index contributed by atoms with van der Waals surface area (Å²) in [5, 5.41) is 18.0. The second-order valence-electron chi connectivity index (χ2n) is 14.4. The van der Waals surface area contributed by atoms with Crippen molar-refractivity contribution in [3.05, 3.63) is 188 Å². The van der Waals surface area contributed by atoms with E-state index in [1.54, 1.807) is 0 Å². The van der Waals surface area contributed by atoms with Gasteiger partial charge in [-0.25, -0.2) is 0 Å². The van der Waals surface area contributed by atoms with Gasteiger partial charge in [-0.3, -0.25) is 0 Å². The van der Waals surface area contributed by atoms with Gasteiger partial charge in [-0.1, -0.05) is 152 Å². The highest BCUT2D eigenvalue weighted by Gasteiger charge is 2.21. The number of rotatable bonds is 4. The Morgan fingerprint density at radius 3 is 1.52 bits per heavy atom. The molecule has 0 aliphatic heterocycles. The summed E-state index contributed by atoms with van der Waals surface area (Å²) in [6.07, 6.45) is 0. The molecular weight excluding hydrogens is 671 g/mol. The molecule has 0 bridgehead atoms. The average molecular weight is 702 g/mol. The normalized spacial score (nSPS) is 12.1. The Bertz CT molecular complexity index is 3430. The number of benzene rings is 10. The minimum Gasteiger partial charge on any atom is -0.309 e. The lowest BCUT2D eigenvalue weighted by atomic mass is 9.87. The maximum Gasteiger partial charge on any atom is 0.0640 e. The number of hydrogen-bond acceptors (Lipinski definition) is 2. The van der Waals surface area contributed by atoms with Crippen molar-refractivity contribution >= 4 is 113 Å². The molecule has 0 fully saturated rings. The Morgan fingerprint density at radius 2 is 0.833 bits per heavy atom. The van der Waals surface area contributed by atoms with Crippen LogP contribution in [-0.4, -0.2) is 0 Å². The number of thiophene rings is 1. The highest BCUT2D eigenvalue weighted by Crippen LogP contribution is 2.49. The van der Waals surface area contributed by atoms with E-state index >= 15 is 0 Å². The van der Waals surface area contributed by atoms with E-state index in [1.165, 1.54) is 102 Å². The lowest BCUT2D eigenvalue weighted by molar-refractivity contribution is 1.31. The molecule has 250 valence electrons. The molecule has 0 saturated heterocycles. The van der Waals surface area contributed by atoms with E-state index in [4.69, 9.17) is 0 Å². The summed E-state index contributed by atoms with van der Waals surface area (Å²) < 4.78 is 2.59. The van der Waals surface area contributed by atoms with Crippen LogP contribution >= 0.6 is 11.3 Å². The predicted molar refractivity (Wildman–Crippen MR) is 236 cm³/mol. The highest BCUT2D eigenvalue weighted by atomic mass is 32.1. The molecule has 0 unspecified atom stereocenters. The zero-order valence-corrected chi connectivity index (χ0v) is 30.1. The molecule has 0 atom stereocenters. The van der Waals surface area contributed by atoms with Gasteiger partial charge in [0.15, 0.2) is 0 Å². The topological polar surface area (TPSA) is 3.24 Å². The van der Waals surface area contributed by atoms with Crippen LogP contribution in [0, 0.1) is 0 Å². The van der Waals surface area contributed by atoms with E-state index in [1.807, 2.05) is 11.3 Å². The molecule has 0 aliphatic carbocycles. The first-order valence-electron chi connectivity index (χ1n) is 18.6. The van der Waals surface area contributed by atoms with Crippen LogP contribution in [0.2, 0.25) is 0 Å². The summed E-state index contributed by atoms with van der Waals surface area (Å²) in [5.41, 5.74) is 5.88. The van der Waals surface area contributed by atoms with Crippen molar-refractivity contribution in [3.63, 3.8) is 0 Å². The van der Waals surface area contributed by atoms with Gasteiger partial charge in [-0.05, 0) is 112 Å². The molecule has 2 heteroatoms. The molecule has 0 spiro atoms. The first kappa shape index (κ1) is 29.8. The van der Waals surface area contributed by atoms with Crippen molar-refractivity contribution in [1.82, 2.24) is 0 Å². The van der Waals surface area contributed by atoms with Gasteiger partial charge < -0.3 is 4.90 Å². The van der Waals surface area contributed by atoms with Crippen molar-refractivity contribution in [2.75, 3.05) is 4.90 Å². The molecule has 0 radical (unpaired) electrons. The lowest BCUT2D eigenvalue weighted by Crippen LogP contribution is -2.10. The lowest BCUT2D eigenvalue weighted by Gasteiger charge is -2.27. The van der Waals surface area contributed by atoms with Gasteiger partial charge in [0.05, 0.1) is 10.4 Å². The third-order valence-electron chi connectivity index (χ3n) is 11.5. The van der Waals surface area contributed by atoms with E-state index in [0.717, 1.165) is 11.4 Å². The van der Waals surface area contributed by atoms with Crippen molar-refractivity contribution in [1.29, 1.82) is 0 Å². The van der Waals surface area contributed by atoms with Crippen molar-refractivity contribution in [2.24, 2.45) is 0 Å². The second-order valence-corrected chi connectivity index (χ2v) is 15.5. The smallest absolute Gasteiger partial charge is 0.0640 e. The largest absolute Gasteiger partial charge is 0.309 e. The Labute approximate surface area is 315 Å². The number of nitrogens with zero attached hydrogens (tertiary/aromatic N) is 1. The monoisotopic (exact) mass is 701 g/mol. The van der Waals surface area contributed by atoms with Gasteiger partial charge in [-0.15, -0.1) is 11.3 Å². The van der Waals surface area contributed by atoms with Crippen LogP contribution in [0.5, 0.6) is 0 Å². The summed E-state index contributed by atoms with van der Waals surface area (Å²) in [6, 6.07) is 69.9. The molecule has 54 heavy (non-hydrogen) atoms. The van der Waals surface area contributed by atoms with Crippen LogP contribution in [0.4, 0.5) is 17.1 Å². The summed E-state index contributed by atoms with van der Waals surface area (Å²) in [4.78, 5) is 2.49. The Morgan fingerprint density at radius 1 is 0.315 bits per heavy atom. The van der Waals surface area contributed by atoms with E-state index in [-0.39, 0.29) is 0 Å². The Balaban J connectivity index is 1.23. The Kier molecular flexibility index (Phi) is 6.28. The maximum absolute atomic E-state index is 2.49. The standard InChI is InChI=1S/C52H31NS/c1-2-10-32(11-3-1)33-26-28-38(29-27-33)53(46-20-9-19-44-40-15-4-5-21-47(40)54-52(44)46)39-30-37-25-24-36-13-7-17-42-41-16-6-12-34-22-23-35-14-8-18-43(50(35)48(34)41)45(31-39)51(37)49(36)42/h1-31H. The minimum atomic E-state index is 1.13. The van der Waals surface area contributed by atoms with E-state index in [0.29, 0.717) is 0 Å². The molecule has 1 aromatic heterocycles. The SMILES string of the molecule is c1ccc(-c2ccc(N(c3cc4ccc5cccc6c7cccc8ccc9cccc(c(c3)c4c56)c9c87)c3cccc4c3sc3ccccc34)cc2)cc1. The summed E-state index contributed by atoms with van der Waals surface area (Å²) in [5.74, 6) is 0. The van der Waals surface area contributed by atoms with Gasteiger partial charge in [0.2, 0.25) is 0 Å². The van der Waals surface area contributed by atoms with Crippen LogP contribution < -0.4 is 4.90 Å². The van der Waals surface area contributed by atoms with Gasteiger partial charge in [0, 0.05) is 26.8 Å². The first-order valence-corrected chi connectivity index (χ1v) is 19.4. The predicted octanol–water partition coefficient (Wildman–Crippen LogP) is 15.5. The van der Waals surface area contributed by atoms with Crippen LogP contribution in [0.25, 0.3) is 95.9 Å². The molecule has 0 N–H and O–H groups in total. The maximum atomic E-state index is 2.49. The second kappa shape index (κ2) is 11.4. The van der Waals surface area contributed by atoms with E-state index in [9.17, 15) is 0 Å². The molecule has 12 rings (SSSR count).